The fraction of sp³-hybridized carbons (Fsp3) is 0.929. The first-order valence-electron chi connectivity index (χ1n) is 7.55. The van der Waals surface area contributed by atoms with Crippen molar-refractivity contribution < 1.29 is 9.53 Å². The van der Waals surface area contributed by atoms with Gasteiger partial charge in [0, 0.05) is 18.0 Å². The van der Waals surface area contributed by atoms with Crippen LogP contribution in [0.15, 0.2) is 5.11 Å². The third-order valence-corrected chi connectivity index (χ3v) is 5.64. The van der Waals surface area contributed by atoms with E-state index < -0.39 is 5.54 Å². The van der Waals surface area contributed by atoms with Crippen LogP contribution in [0.3, 0.4) is 0 Å². The van der Waals surface area contributed by atoms with Crippen LogP contribution in [0.4, 0.5) is 0 Å². The summed E-state index contributed by atoms with van der Waals surface area (Å²) < 4.78 is 5.13. The molecule has 0 atom stereocenters. The van der Waals surface area contributed by atoms with Crippen molar-refractivity contribution in [3.63, 3.8) is 0 Å². The van der Waals surface area contributed by atoms with E-state index in [-0.39, 0.29) is 5.97 Å². The Morgan fingerprint density at radius 3 is 2.40 bits per heavy atom. The van der Waals surface area contributed by atoms with Gasteiger partial charge in [-0.25, -0.2) is 0 Å². The molecule has 4 fully saturated rings. The largest absolute Gasteiger partial charge is 0.468 e. The molecule has 0 aromatic rings. The molecule has 20 heavy (non-hydrogen) atoms. The summed E-state index contributed by atoms with van der Waals surface area (Å²) in [6.45, 7) is 0.920. The van der Waals surface area contributed by atoms with Crippen molar-refractivity contribution in [2.45, 2.75) is 37.6 Å². The van der Waals surface area contributed by atoms with Gasteiger partial charge in [0.05, 0.1) is 7.11 Å². The topological polar surface area (TPSA) is 87.1 Å². The lowest BCUT2D eigenvalue weighted by molar-refractivity contribution is -0.168. The van der Waals surface area contributed by atoms with Crippen molar-refractivity contribution in [2.24, 2.45) is 28.8 Å². The first-order chi connectivity index (χ1) is 9.70. The molecule has 0 aliphatic heterocycles. The van der Waals surface area contributed by atoms with Crippen molar-refractivity contribution in [3.8, 4) is 0 Å². The van der Waals surface area contributed by atoms with Gasteiger partial charge in [-0.2, -0.15) is 0 Å². The highest BCUT2D eigenvalue weighted by molar-refractivity contribution is 5.82. The van der Waals surface area contributed by atoms with E-state index in [2.05, 4.69) is 15.3 Å². The number of carbonyl (C=O) groups excluding carboxylic acids is 1. The molecule has 1 N–H and O–H groups in total. The van der Waals surface area contributed by atoms with Crippen molar-refractivity contribution in [1.82, 2.24) is 5.32 Å². The molecule has 4 rings (SSSR count). The lowest BCUT2D eigenvalue weighted by Gasteiger charge is -2.59. The fourth-order valence-corrected chi connectivity index (χ4v) is 5.15. The molecule has 4 saturated carbocycles. The normalized spacial score (nSPS) is 41.2. The molecule has 0 aromatic carbocycles. The van der Waals surface area contributed by atoms with E-state index in [0.29, 0.717) is 24.9 Å². The first kappa shape index (κ1) is 13.7. The van der Waals surface area contributed by atoms with E-state index in [9.17, 15) is 4.79 Å². The van der Waals surface area contributed by atoms with Gasteiger partial charge in [0.1, 0.15) is 5.54 Å². The van der Waals surface area contributed by atoms with Gasteiger partial charge < -0.3 is 10.1 Å². The van der Waals surface area contributed by atoms with Gasteiger partial charge in [-0.1, -0.05) is 5.11 Å². The Kier molecular flexibility index (Phi) is 3.61. The van der Waals surface area contributed by atoms with Gasteiger partial charge in [-0.3, -0.25) is 4.79 Å². The summed E-state index contributed by atoms with van der Waals surface area (Å²) >= 11 is 0. The minimum Gasteiger partial charge on any atom is -0.468 e. The summed E-state index contributed by atoms with van der Waals surface area (Å²) in [4.78, 5) is 15.3. The second-order valence-electron chi connectivity index (χ2n) is 6.55. The van der Waals surface area contributed by atoms with E-state index in [0.717, 1.165) is 37.5 Å². The summed E-state index contributed by atoms with van der Waals surface area (Å²) in [6, 6.07) is 0. The Labute approximate surface area is 118 Å². The van der Waals surface area contributed by atoms with E-state index in [1.54, 1.807) is 0 Å². The van der Waals surface area contributed by atoms with Crippen molar-refractivity contribution in [3.05, 3.63) is 10.4 Å². The minimum absolute atomic E-state index is 0.118. The van der Waals surface area contributed by atoms with Crippen LogP contribution in [0.25, 0.3) is 10.4 Å². The molecule has 6 nitrogen and oxygen atoms in total. The van der Waals surface area contributed by atoms with Gasteiger partial charge in [0.2, 0.25) is 0 Å². The zero-order valence-electron chi connectivity index (χ0n) is 11.9. The molecule has 0 heterocycles. The average molecular weight is 278 g/mol. The van der Waals surface area contributed by atoms with E-state index in [4.69, 9.17) is 10.3 Å². The van der Waals surface area contributed by atoms with Crippen LogP contribution in [0.5, 0.6) is 0 Å². The molecule has 0 aromatic heterocycles. The standard InChI is InChI=1S/C14H22N4O2/c1-20-13(19)14(16-2-3-17-18-15)11-5-9-4-10(7-11)8-12(14)6-9/h9-12,16H,2-8H2,1H3. The molecule has 4 aliphatic rings. The highest BCUT2D eigenvalue weighted by atomic mass is 16.5. The van der Waals surface area contributed by atoms with Crippen LogP contribution in [-0.4, -0.2) is 31.7 Å². The van der Waals surface area contributed by atoms with Crippen molar-refractivity contribution in [2.75, 3.05) is 20.2 Å². The number of azide groups is 1. The van der Waals surface area contributed by atoms with Crippen LogP contribution in [0.1, 0.15) is 32.1 Å². The summed E-state index contributed by atoms with van der Waals surface area (Å²) in [5.41, 5.74) is 7.83. The molecule has 0 radical (unpaired) electrons. The Hall–Kier alpha value is -1.26. The van der Waals surface area contributed by atoms with Crippen molar-refractivity contribution >= 4 is 5.97 Å². The Morgan fingerprint density at radius 2 is 1.90 bits per heavy atom. The van der Waals surface area contributed by atoms with Crippen LogP contribution >= 0.6 is 0 Å². The predicted molar refractivity (Wildman–Crippen MR) is 73.8 cm³/mol. The highest BCUT2D eigenvalue weighted by Gasteiger charge is 2.61. The number of hydrogen-bond donors (Lipinski definition) is 1. The second kappa shape index (κ2) is 5.26. The lowest BCUT2D eigenvalue weighted by atomic mass is 9.48. The average Bonchev–Trinajstić information content (AvgIpc) is 2.45. The number of nitrogens with zero attached hydrogens (tertiary/aromatic N) is 3. The number of esters is 1. The number of nitrogens with one attached hydrogen (secondary N) is 1. The van der Waals surface area contributed by atoms with E-state index in [1.165, 1.54) is 13.5 Å². The Balaban J connectivity index is 1.82. The molecule has 6 heteroatoms. The maximum Gasteiger partial charge on any atom is 0.326 e. The van der Waals surface area contributed by atoms with Crippen LogP contribution < -0.4 is 5.32 Å². The molecular formula is C14H22N4O2. The Morgan fingerprint density at radius 1 is 1.30 bits per heavy atom. The van der Waals surface area contributed by atoms with Gasteiger partial charge in [0.25, 0.3) is 0 Å². The van der Waals surface area contributed by atoms with Crippen LogP contribution in [0.2, 0.25) is 0 Å². The molecule has 0 spiro atoms. The number of hydrogen-bond acceptors (Lipinski definition) is 4. The SMILES string of the molecule is COC(=O)C1(NCCN=[N+]=[N-])C2CC3CC(C2)CC1C3. The smallest absolute Gasteiger partial charge is 0.326 e. The molecular weight excluding hydrogens is 256 g/mol. The van der Waals surface area contributed by atoms with Gasteiger partial charge in [0.15, 0.2) is 0 Å². The lowest BCUT2D eigenvalue weighted by Crippen LogP contribution is -2.69. The number of ether oxygens (including phenoxy) is 1. The number of rotatable bonds is 5. The molecule has 0 amide bonds. The molecule has 4 bridgehead atoms. The van der Waals surface area contributed by atoms with E-state index in [1.807, 2.05) is 0 Å². The maximum absolute atomic E-state index is 12.5. The predicted octanol–water partition coefficient (Wildman–Crippen LogP) is 2.25. The molecule has 0 unspecified atom stereocenters. The zero-order valence-corrected chi connectivity index (χ0v) is 11.9. The minimum atomic E-state index is -0.535. The Bertz CT molecular complexity index is 416. The third-order valence-electron chi connectivity index (χ3n) is 5.64. The molecule has 4 aliphatic carbocycles. The number of methoxy groups -OCH3 is 1. The summed E-state index contributed by atoms with van der Waals surface area (Å²) in [5.74, 6) is 2.25. The zero-order chi connectivity index (χ0) is 14.2. The maximum atomic E-state index is 12.5. The molecule has 110 valence electrons. The quantitative estimate of drug-likeness (QED) is 0.275. The van der Waals surface area contributed by atoms with Gasteiger partial charge >= 0.3 is 5.97 Å². The van der Waals surface area contributed by atoms with Gasteiger partial charge in [-0.05, 0) is 61.3 Å². The van der Waals surface area contributed by atoms with Crippen molar-refractivity contribution in [1.29, 1.82) is 0 Å². The number of carbonyl (C=O) groups is 1. The molecule has 0 saturated heterocycles. The first-order valence-corrected chi connectivity index (χ1v) is 7.55. The summed E-state index contributed by atoms with van der Waals surface area (Å²) in [6.07, 6.45) is 5.89. The van der Waals surface area contributed by atoms with Crippen LogP contribution in [0, 0.1) is 23.7 Å². The van der Waals surface area contributed by atoms with Gasteiger partial charge in [-0.15, -0.1) is 0 Å². The summed E-state index contributed by atoms with van der Waals surface area (Å²) in [5, 5.41) is 6.98. The van der Waals surface area contributed by atoms with Crippen LogP contribution in [-0.2, 0) is 9.53 Å². The van der Waals surface area contributed by atoms with E-state index >= 15 is 0 Å². The highest BCUT2D eigenvalue weighted by Crippen LogP contribution is 2.58. The summed E-state index contributed by atoms with van der Waals surface area (Å²) in [7, 11) is 1.48. The monoisotopic (exact) mass is 278 g/mol. The third kappa shape index (κ3) is 1.98. The second-order valence-corrected chi connectivity index (χ2v) is 6.55. The fourth-order valence-electron chi connectivity index (χ4n) is 5.15.